The summed E-state index contributed by atoms with van der Waals surface area (Å²) in [5.74, 6) is -0.843. The van der Waals surface area contributed by atoms with Crippen molar-refractivity contribution in [3.05, 3.63) is 29.8 Å². The molecule has 0 aliphatic heterocycles. The van der Waals surface area contributed by atoms with Gasteiger partial charge in [-0.25, -0.2) is 4.79 Å². The lowest BCUT2D eigenvalue weighted by Crippen LogP contribution is -2.32. The van der Waals surface area contributed by atoms with Crippen LogP contribution in [0.15, 0.2) is 24.3 Å². The van der Waals surface area contributed by atoms with E-state index in [1.807, 2.05) is 25.1 Å². The molecule has 0 saturated carbocycles. The number of amides is 2. The number of aryl methyl sites for hydroxylation is 1. The van der Waals surface area contributed by atoms with Crippen molar-refractivity contribution in [2.45, 2.75) is 26.2 Å². The first-order chi connectivity index (χ1) is 9.04. The number of carbonyl (C=O) groups excluding carboxylic acids is 1. The van der Waals surface area contributed by atoms with Crippen LogP contribution in [0.25, 0.3) is 0 Å². The van der Waals surface area contributed by atoms with Gasteiger partial charge < -0.3 is 15.3 Å². The maximum absolute atomic E-state index is 11.9. The van der Waals surface area contributed by atoms with Gasteiger partial charge in [-0.1, -0.05) is 25.1 Å². The van der Waals surface area contributed by atoms with E-state index in [0.717, 1.165) is 12.0 Å². The van der Waals surface area contributed by atoms with Gasteiger partial charge in [-0.2, -0.15) is 0 Å². The van der Waals surface area contributed by atoms with Crippen LogP contribution in [0.1, 0.15) is 25.3 Å². The van der Waals surface area contributed by atoms with Crippen LogP contribution in [0.2, 0.25) is 0 Å². The van der Waals surface area contributed by atoms with Crippen molar-refractivity contribution in [1.82, 2.24) is 4.90 Å². The van der Waals surface area contributed by atoms with Gasteiger partial charge in [0.05, 0.1) is 0 Å². The van der Waals surface area contributed by atoms with Gasteiger partial charge in [0.25, 0.3) is 0 Å². The molecule has 1 aromatic rings. The number of urea groups is 1. The molecule has 0 spiro atoms. The molecular formula is C14H20N2O3. The van der Waals surface area contributed by atoms with Crippen LogP contribution >= 0.6 is 0 Å². The van der Waals surface area contributed by atoms with Crippen LogP contribution in [0.3, 0.4) is 0 Å². The van der Waals surface area contributed by atoms with Crippen LogP contribution in [0.5, 0.6) is 0 Å². The SMILES string of the molecule is CCCN(C)C(=O)Nc1ccccc1CCC(=O)O. The fraction of sp³-hybridized carbons (Fsp3) is 0.429. The van der Waals surface area contributed by atoms with Gasteiger partial charge in [-0.15, -0.1) is 0 Å². The number of nitrogens with zero attached hydrogens (tertiary/aromatic N) is 1. The monoisotopic (exact) mass is 264 g/mol. The summed E-state index contributed by atoms with van der Waals surface area (Å²) in [7, 11) is 1.73. The summed E-state index contributed by atoms with van der Waals surface area (Å²) in [6, 6.07) is 7.10. The van der Waals surface area contributed by atoms with Gasteiger partial charge in [0.15, 0.2) is 0 Å². The number of carboxylic acid groups (broad SMARTS) is 1. The molecule has 2 amide bonds. The van der Waals surface area contributed by atoms with Gasteiger partial charge in [-0.3, -0.25) is 4.79 Å². The predicted octanol–water partition coefficient (Wildman–Crippen LogP) is 2.58. The van der Waals surface area contributed by atoms with E-state index in [9.17, 15) is 9.59 Å². The average Bonchev–Trinajstić information content (AvgIpc) is 2.37. The molecule has 5 nitrogen and oxygen atoms in total. The number of benzene rings is 1. The molecule has 1 rings (SSSR count). The normalized spacial score (nSPS) is 10.0. The molecule has 2 N–H and O–H groups in total. The number of aliphatic carboxylic acids is 1. The third-order valence-corrected chi connectivity index (χ3v) is 2.77. The van der Waals surface area contributed by atoms with Crippen molar-refractivity contribution in [3.63, 3.8) is 0 Å². The standard InChI is InChI=1S/C14H20N2O3/c1-3-10-16(2)14(19)15-12-7-5-4-6-11(12)8-9-13(17)18/h4-7H,3,8-10H2,1-2H3,(H,15,19)(H,17,18). The van der Waals surface area contributed by atoms with Crippen molar-refractivity contribution in [1.29, 1.82) is 0 Å². The number of nitrogens with one attached hydrogen (secondary N) is 1. The van der Waals surface area contributed by atoms with Crippen molar-refractivity contribution in [2.75, 3.05) is 18.9 Å². The molecule has 19 heavy (non-hydrogen) atoms. The fourth-order valence-electron chi connectivity index (χ4n) is 1.75. The molecule has 0 unspecified atom stereocenters. The first-order valence-electron chi connectivity index (χ1n) is 6.36. The zero-order chi connectivity index (χ0) is 14.3. The zero-order valence-corrected chi connectivity index (χ0v) is 11.3. The van der Waals surface area contributed by atoms with E-state index in [1.54, 1.807) is 18.0 Å². The summed E-state index contributed by atoms with van der Waals surface area (Å²) in [6.45, 7) is 2.69. The predicted molar refractivity (Wildman–Crippen MR) is 74.3 cm³/mol. The number of hydrogen-bond donors (Lipinski definition) is 2. The summed E-state index contributed by atoms with van der Waals surface area (Å²) in [4.78, 5) is 24.1. The highest BCUT2D eigenvalue weighted by atomic mass is 16.4. The molecule has 0 radical (unpaired) electrons. The Morgan fingerprint density at radius 1 is 1.32 bits per heavy atom. The number of para-hydroxylation sites is 1. The molecule has 104 valence electrons. The minimum absolute atomic E-state index is 0.0533. The summed E-state index contributed by atoms with van der Waals surface area (Å²) >= 11 is 0. The largest absolute Gasteiger partial charge is 0.481 e. The number of carbonyl (C=O) groups is 2. The second kappa shape index (κ2) is 7.41. The Morgan fingerprint density at radius 3 is 2.63 bits per heavy atom. The minimum atomic E-state index is -0.843. The highest BCUT2D eigenvalue weighted by molar-refractivity contribution is 5.90. The maximum atomic E-state index is 11.9. The Kier molecular flexibility index (Phi) is 5.85. The Bertz CT molecular complexity index is 446. The van der Waals surface area contributed by atoms with Gasteiger partial charge in [0.1, 0.15) is 0 Å². The topological polar surface area (TPSA) is 69.6 Å². The number of anilines is 1. The first kappa shape index (κ1) is 15.0. The van der Waals surface area contributed by atoms with E-state index >= 15 is 0 Å². The molecule has 1 aromatic carbocycles. The molecular weight excluding hydrogens is 244 g/mol. The summed E-state index contributed by atoms with van der Waals surface area (Å²) in [6.07, 6.45) is 1.35. The Morgan fingerprint density at radius 2 is 2.00 bits per heavy atom. The van der Waals surface area contributed by atoms with Crippen molar-refractivity contribution < 1.29 is 14.7 Å². The van der Waals surface area contributed by atoms with Gasteiger partial charge in [-0.05, 0) is 24.5 Å². The Balaban J connectivity index is 2.71. The first-order valence-corrected chi connectivity index (χ1v) is 6.36. The second-order valence-electron chi connectivity index (χ2n) is 4.40. The molecule has 0 atom stereocenters. The number of rotatable bonds is 6. The van der Waals surface area contributed by atoms with Crippen LogP contribution in [-0.2, 0) is 11.2 Å². The van der Waals surface area contributed by atoms with Crippen molar-refractivity contribution in [3.8, 4) is 0 Å². The molecule has 0 heterocycles. The molecule has 0 aliphatic rings. The van der Waals surface area contributed by atoms with Crippen LogP contribution in [-0.4, -0.2) is 35.6 Å². The van der Waals surface area contributed by atoms with E-state index in [-0.39, 0.29) is 12.5 Å². The summed E-state index contributed by atoms with van der Waals surface area (Å²) in [5.41, 5.74) is 1.51. The van der Waals surface area contributed by atoms with E-state index in [1.165, 1.54) is 0 Å². The average molecular weight is 264 g/mol. The third kappa shape index (κ3) is 4.99. The molecule has 0 aromatic heterocycles. The third-order valence-electron chi connectivity index (χ3n) is 2.77. The molecule has 5 heteroatoms. The van der Waals surface area contributed by atoms with E-state index in [4.69, 9.17) is 5.11 Å². The van der Waals surface area contributed by atoms with Gasteiger partial charge >= 0.3 is 12.0 Å². The van der Waals surface area contributed by atoms with Gasteiger partial charge in [0, 0.05) is 25.7 Å². The minimum Gasteiger partial charge on any atom is -0.481 e. The smallest absolute Gasteiger partial charge is 0.321 e. The quantitative estimate of drug-likeness (QED) is 0.829. The number of carboxylic acids is 1. The lowest BCUT2D eigenvalue weighted by Gasteiger charge is -2.18. The summed E-state index contributed by atoms with van der Waals surface area (Å²) in [5, 5.41) is 11.5. The van der Waals surface area contributed by atoms with Crippen molar-refractivity contribution >= 4 is 17.7 Å². The highest BCUT2D eigenvalue weighted by Gasteiger charge is 2.10. The molecule has 0 aliphatic carbocycles. The Hall–Kier alpha value is -2.04. The van der Waals surface area contributed by atoms with E-state index in [0.29, 0.717) is 18.7 Å². The van der Waals surface area contributed by atoms with E-state index in [2.05, 4.69) is 5.32 Å². The van der Waals surface area contributed by atoms with Gasteiger partial charge in [0.2, 0.25) is 0 Å². The summed E-state index contributed by atoms with van der Waals surface area (Å²) < 4.78 is 0. The zero-order valence-electron chi connectivity index (χ0n) is 11.3. The lowest BCUT2D eigenvalue weighted by molar-refractivity contribution is -0.136. The molecule has 0 saturated heterocycles. The van der Waals surface area contributed by atoms with Crippen LogP contribution < -0.4 is 5.32 Å². The van der Waals surface area contributed by atoms with Crippen LogP contribution in [0.4, 0.5) is 10.5 Å². The Labute approximate surface area is 113 Å². The fourth-order valence-corrected chi connectivity index (χ4v) is 1.75. The van der Waals surface area contributed by atoms with E-state index < -0.39 is 5.97 Å². The number of hydrogen-bond acceptors (Lipinski definition) is 2. The molecule has 0 bridgehead atoms. The molecule has 0 fully saturated rings. The van der Waals surface area contributed by atoms with Crippen LogP contribution in [0, 0.1) is 0 Å². The maximum Gasteiger partial charge on any atom is 0.321 e. The highest BCUT2D eigenvalue weighted by Crippen LogP contribution is 2.17. The second-order valence-corrected chi connectivity index (χ2v) is 4.40. The lowest BCUT2D eigenvalue weighted by atomic mass is 10.1. The van der Waals surface area contributed by atoms with Crippen molar-refractivity contribution in [2.24, 2.45) is 0 Å².